The van der Waals surface area contributed by atoms with E-state index in [0.29, 0.717) is 23.7 Å². The molecule has 0 N–H and O–H groups in total. The van der Waals surface area contributed by atoms with E-state index >= 15 is 0 Å². The Labute approximate surface area is 195 Å². The average Bonchev–Trinajstić information content (AvgIpc) is 3.02. The Morgan fingerprint density at radius 2 is 1.72 bits per heavy atom. The first-order valence-corrected chi connectivity index (χ1v) is 11.2. The molecule has 3 aromatic rings. The van der Waals surface area contributed by atoms with Crippen molar-refractivity contribution in [3.63, 3.8) is 0 Å². The van der Waals surface area contributed by atoms with Crippen LogP contribution in [0.25, 0.3) is 0 Å². The van der Waals surface area contributed by atoms with Gasteiger partial charge in [-0.05, 0) is 56.5 Å². The van der Waals surface area contributed by atoms with Crippen molar-refractivity contribution in [1.29, 1.82) is 0 Å². The standard InChI is InChI=1S/C26H30ClN3O2/c1-17-10-11-21(14-18(17)2)25(31)12-13-26(32)29(5)16-23-19(3)28-30(20(23)4)15-22-8-6-7-9-24(22)27/h6-11,14H,12-13,15-16H2,1-5H3. The van der Waals surface area contributed by atoms with Crippen LogP contribution in [0.3, 0.4) is 0 Å². The normalized spacial score (nSPS) is 10.9. The van der Waals surface area contributed by atoms with Crippen molar-refractivity contribution < 1.29 is 9.59 Å². The van der Waals surface area contributed by atoms with Gasteiger partial charge in [0.1, 0.15) is 0 Å². The fraction of sp³-hybridized carbons (Fsp3) is 0.346. The van der Waals surface area contributed by atoms with Crippen LogP contribution < -0.4 is 0 Å². The summed E-state index contributed by atoms with van der Waals surface area (Å²) in [5.41, 5.74) is 6.82. The molecular weight excluding hydrogens is 422 g/mol. The van der Waals surface area contributed by atoms with Gasteiger partial charge in [0.25, 0.3) is 0 Å². The molecule has 0 atom stereocenters. The Balaban J connectivity index is 1.62. The Morgan fingerprint density at radius 3 is 2.41 bits per heavy atom. The summed E-state index contributed by atoms with van der Waals surface area (Å²) in [7, 11) is 1.77. The molecule has 0 spiro atoms. The number of carbonyl (C=O) groups is 2. The number of benzene rings is 2. The maximum atomic E-state index is 12.7. The second-order valence-electron chi connectivity index (χ2n) is 8.37. The lowest BCUT2D eigenvalue weighted by Gasteiger charge is -2.17. The number of rotatable bonds is 8. The number of aromatic nitrogens is 2. The SMILES string of the molecule is Cc1ccc(C(=O)CCC(=O)N(C)Cc2c(C)nn(Cc3ccccc3Cl)c2C)cc1C. The molecular formula is C26H30ClN3O2. The zero-order valence-corrected chi connectivity index (χ0v) is 20.2. The van der Waals surface area contributed by atoms with E-state index in [1.165, 1.54) is 0 Å². The molecule has 6 heteroatoms. The van der Waals surface area contributed by atoms with Crippen LogP contribution in [-0.2, 0) is 17.9 Å². The van der Waals surface area contributed by atoms with Crippen molar-refractivity contribution in [3.8, 4) is 0 Å². The van der Waals surface area contributed by atoms with Crippen LogP contribution in [-0.4, -0.2) is 33.4 Å². The van der Waals surface area contributed by atoms with Crippen molar-refractivity contribution in [2.24, 2.45) is 0 Å². The number of hydrogen-bond acceptors (Lipinski definition) is 3. The molecule has 0 unspecified atom stereocenters. The number of nitrogens with zero attached hydrogens (tertiary/aromatic N) is 3. The molecule has 5 nitrogen and oxygen atoms in total. The topological polar surface area (TPSA) is 55.2 Å². The Morgan fingerprint density at radius 1 is 1.00 bits per heavy atom. The van der Waals surface area contributed by atoms with Crippen molar-refractivity contribution >= 4 is 23.3 Å². The largest absolute Gasteiger partial charge is 0.341 e. The molecule has 0 aliphatic carbocycles. The van der Waals surface area contributed by atoms with Crippen LogP contribution in [0.4, 0.5) is 0 Å². The van der Waals surface area contributed by atoms with E-state index in [4.69, 9.17) is 11.6 Å². The quantitative estimate of drug-likeness (QED) is 0.428. The number of carbonyl (C=O) groups excluding carboxylic acids is 2. The van der Waals surface area contributed by atoms with Gasteiger partial charge >= 0.3 is 0 Å². The van der Waals surface area contributed by atoms with Crippen LogP contribution >= 0.6 is 11.6 Å². The van der Waals surface area contributed by atoms with Gasteiger partial charge in [0.05, 0.1) is 12.2 Å². The Bertz CT molecular complexity index is 1150. The highest BCUT2D eigenvalue weighted by molar-refractivity contribution is 6.31. The third-order valence-corrected chi connectivity index (χ3v) is 6.39. The number of halogens is 1. The summed E-state index contributed by atoms with van der Waals surface area (Å²) in [5.74, 6) is -0.0605. The second kappa shape index (κ2) is 10.1. The van der Waals surface area contributed by atoms with Gasteiger partial charge in [0.2, 0.25) is 5.91 Å². The minimum absolute atomic E-state index is 0.00484. The molecule has 2 aromatic carbocycles. The van der Waals surface area contributed by atoms with Gasteiger partial charge in [-0.3, -0.25) is 14.3 Å². The second-order valence-corrected chi connectivity index (χ2v) is 8.78. The van der Waals surface area contributed by atoms with Crippen LogP contribution in [0.15, 0.2) is 42.5 Å². The molecule has 0 aliphatic heterocycles. The van der Waals surface area contributed by atoms with E-state index in [2.05, 4.69) is 5.10 Å². The third-order valence-electron chi connectivity index (χ3n) is 6.03. The van der Waals surface area contributed by atoms with Crippen molar-refractivity contribution in [1.82, 2.24) is 14.7 Å². The molecule has 0 bridgehead atoms. The Hall–Kier alpha value is -2.92. The number of hydrogen-bond donors (Lipinski definition) is 0. The van der Waals surface area contributed by atoms with E-state index in [9.17, 15) is 9.59 Å². The predicted octanol–water partition coefficient (Wildman–Crippen LogP) is 5.44. The van der Waals surface area contributed by atoms with Gasteiger partial charge in [0, 0.05) is 48.3 Å². The van der Waals surface area contributed by atoms with Gasteiger partial charge < -0.3 is 4.90 Å². The van der Waals surface area contributed by atoms with Crippen molar-refractivity contribution in [2.75, 3.05) is 7.05 Å². The summed E-state index contributed by atoms with van der Waals surface area (Å²) in [6, 6.07) is 13.4. The lowest BCUT2D eigenvalue weighted by molar-refractivity contribution is -0.130. The Kier molecular flexibility index (Phi) is 7.52. The van der Waals surface area contributed by atoms with E-state index in [0.717, 1.165) is 33.6 Å². The molecule has 32 heavy (non-hydrogen) atoms. The molecule has 0 saturated heterocycles. The molecule has 168 valence electrons. The van der Waals surface area contributed by atoms with Crippen molar-refractivity contribution in [2.45, 2.75) is 53.6 Å². The maximum absolute atomic E-state index is 12.7. The number of Topliss-reactive ketones (excluding diaryl/α,β-unsaturated/α-hetero) is 1. The molecule has 0 radical (unpaired) electrons. The van der Waals surface area contributed by atoms with E-state index < -0.39 is 0 Å². The molecule has 0 fully saturated rings. The van der Waals surface area contributed by atoms with E-state index in [-0.39, 0.29) is 24.5 Å². The van der Waals surface area contributed by atoms with Gasteiger partial charge in [-0.1, -0.05) is 41.9 Å². The fourth-order valence-corrected chi connectivity index (χ4v) is 3.90. The maximum Gasteiger partial charge on any atom is 0.223 e. The zero-order chi connectivity index (χ0) is 23.4. The minimum atomic E-state index is -0.0557. The first kappa shape index (κ1) is 23.7. The molecule has 0 aliphatic rings. The van der Waals surface area contributed by atoms with E-state index in [1.54, 1.807) is 11.9 Å². The van der Waals surface area contributed by atoms with Crippen molar-refractivity contribution in [3.05, 3.63) is 86.7 Å². The summed E-state index contributed by atoms with van der Waals surface area (Å²) >= 11 is 6.30. The molecule has 3 rings (SSSR count). The molecule has 1 aromatic heterocycles. The summed E-state index contributed by atoms with van der Waals surface area (Å²) in [4.78, 5) is 26.9. The van der Waals surface area contributed by atoms with Gasteiger partial charge in [-0.2, -0.15) is 5.10 Å². The zero-order valence-electron chi connectivity index (χ0n) is 19.4. The average molecular weight is 452 g/mol. The third kappa shape index (κ3) is 5.46. The summed E-state index contributed by atoms with van der Waals surface area (Å²) < 4.78 is 1.92. The number of ketones is 1. The summed E-state index contributed by atoms with van der Waals surface area (Å²) in [6.45, 7) is 9.00. The highest BCUT2D eigenvalue weighted by atomic mass is 35.5. The first-order chi connectivity index (χ1) is 15.2. The highest BCUT2D eigenvalue weighted by Gasteiger charge is 2.18. The highest BCUT2D eigenvalue weighted by Crippen LogP contribution is 2.21. The molecule has 1 heterocycles. The minimum Gasteiger partial charge on any atom is -0.341 e. The lowest BCUT2D eigenvalue weighted by Crippen LogP contribution is -2.27. The lowest BCUT2D eigenvalue weighted by atomic mass is 10.0. The van der Waals surface area contributed by atoms with Gasteiger partial charge in [-0.15, -0.1) is 0 Å². The van der Waals surface area contributed by atoms with Crippen LogP contribution in [0.2, 0.25) is 5.02 Å². The molecule has 1 amide bonds. The smallest absolute Gasteiger partial charge is 0.223 e. The van der Waals surface area contributed by atoms with Gasteiger partial charge in [-0.25, -0.2) is 0 Å². The van der Waals surface area contributed by atoms with Crippen LogP contribution in [0.5, 0.6) is 0 Å². The molecule has 0 saturated carbocycles. The fourth-order valence-electron chi connectivity index (χ4n) is 3.70. The number of amides is 1. The van der Waals surface area contributed by atoms with Crippen LogP contribution in [0.1, 0.15) is 56.8 Å². The van der Waals surface area contributed by atoms with E-state index in [1.807, 2.05) is 74.8 Å². The number of aryl methyl sites for hydroxylation is 3. The first-order valence-electron chi connectivity index (χ1n) is 10.8. The predicted molar refractivity (Wildman–Crippen MR) is 128 cm³/mol. The van der Waals surface area contributed by atoms with Gasteiger partial charge in [0.15, 0.2) is 5.78 Å². The summed E-state index contributed by atoms with van der Waals surface area (Å²) in [6.07, 6.45) is 0.392. The monoisotopic (exact) mass is 451 g/mol. The van der Waals surface area contributed by atoms with Crippen LogP contribution in [0, 0.1) is 27.7 Å². The summed E-state index contributed by atoms with van der Waals surface area (Å²) in [5, 5.41) is 5.36.